The highest BCUT2D eigenvalue weighted by Crippen LogP contribution is 2.28. The molecule has 2 N–H and O–H groups in total. The first-order valence-electron chi connectivity index (χ1n) is 6.90. The van der Waals surface area contributed by atoms with Crippen molar-refractivity contribution in [2.24, 2.45) is 4.99 Å². The van der Waals surface area contributed by atoms with E-state index in [9.17, 15) is 21.6 Å². The van der Waals surface area contributed by atoms with E-state index >= 15 is 0 Å². The molecule has 0 heterocycles. The molecule has 1 aromatic carbocycles. The average Bonchev–Trinajstić information content (AvgIpc) is 2.45. The Hall–Kier alpha value is -1.04. The fraction of sp³-hybridized carbons (Fsp3) is 0.500. The molecule has 24 heavy (non-hydrogen) atoms. The summed E-state index contributed by atoms with van der Waals surface area (Å²) in [5.74, 6) is 0.536. The fourth-order valence-electron chi connectivity index (χ4n) is 1.76. The topological polar surface area (TPSA) is 70.6 Å². The lowest BCUT2D eigenvalue weighted by atomic mass is 10.1. The molecular weight excluding hydrogens is 458 g/mol. The molecule has 0 amide bonds. The standard InChI is InChI=1S/C14H20F3N3O2S.HI/c1-18-13(19-8-3-9-23(2,21)22)20-10-11-4-6-12(7-5-11)14(15,16)17;/h4-7H,3,8-10H2,1-2H3,(H2,18,19,20);1H. The van der Waals surface area contributed by atoms with E-state index in [2.05, 4.69) is 15.6 Å². The van der Waals surface area contributed by atoms with Crippen LogP contribution in [0.5, 0.6) is 0 Å². The highest BCUT2D eigenvalue weighted by Gasteiger charge is 2.29. The lowest BCUT2D eigenvalue weighted by Crippen LogP contribution is -2.37. The predicted molar refractivity (Wildman–Crippen MR) is 99.4 cm³/mol. The number of rotatable bonds is 6. The van der Waals surface area contributed by atoms with Crippen LogP contribution in [-0.4, -0.2) is 40.0 Å². The maximum absolute atomic E-state index is 12.5. The van der Waals surface area contributed by atoms with Gasteiger partial charge in [0, 0.05) is 26.4 Å². The lowest BCUT2D eigenvalue weighted by Gasteiger charge is -2.12. The Labute approximate surface area is 157 Å². The SMILES string of the molecule is CN=C(NCCCS(C)(=O)=O)NCc1ccc(C(F)(F)F)cc1.I. The van der Waals surface area contributed by atoms with Crippen LogP contribution in [0, 0.1) is 0 Å². The van der Waals surface area contributed by atoms with Crippen molar-refractivity contribution in [1.82, 2.24) is 10.6 Å². The van der Waals surface area contributed by atoms with E-state index in [4.69, 9.17) is 0 Å². The van der Waals surface area contributed by atoms with E-state index in [1.807, 2.05) is 0 Å². The van der Waals surface area contributed by atoms with Crippen LogP contribution in [0.4, 0.5) is 13.2 Å². The Morgan fingerprint density at radius 2 is 1.75 bits per heavy atom. The molecule has 0 aliphatic rings. The summed E-state index contributed by atoms with van der Waals surface area (Å²) in [5, 5.41) is 5.89. The predicted octanol–water partition coefficient (Wildman–Crippen LogP) is 2.42. The second-order valence-electron chi connectivity index (χ2n) is 5.03. The van der Waals surface area contributed by atoms with E-state index in [0.717, 1.165) is 12.1 Å². The van der Waals surface area contributed by atoms with Gasteiger partial charge >= 0.3 is 6.18 Å². The second-order valence-corrected chi connectivity index (χ2v) is 7.29. The number of alkyl halides is 3. The van der Waals surface area contributed by atoms with E-state index in [-0.39, 0.29) is 29.7 Å². The van der Waals surface area contributed by atoms with Gasteiger partial charge in [0.15, 0.2) is 5.96 Å². The van der Waals surface area contributed by atoms with Crippen molar-refractivity contribution in [3.05, 3.63) is 35.4 Å². The fourth-order valence-corrected chi connectivity index (χ4v) is 2.43. The first-order chi connectivity index (χ1) is 10.6. The third-order valence-corrected chi connectivity index (χ3v) is 3.98. The Balaban J connectivity index is 0.00000529. The van der Waals surface area contributed by atoms with Crippen molar-refractivity contribution >= 4 is 39.8 Å². The maximum Gasteiger partial charge on any atom is 0.416 e. The third-order valence-electron chi connectivity index (χ3n) is 2.95. The molecule has 1 rings (SSSR count). The molecule has 5 nitrogen and oxygen atoms in total. The van der Waals surface area contributed by atoms with Gasteiger partial charge in [-0.15, -0.1) is 24.0 Å². The molecule has 0 bridgehead atoms. The monoisotopic (exact) mass is 479 g/mol. The van der Waals surface area contributed by atoms with Crippen molar-refractivity contribution < 1.29 is 21.6 Å². The normalized spacial score (nSPS) is 12.5. The number of guanidine groups is 1. The van der Waals surface area contributed by atoms with E-state index in [1.54, 1.807) is 7.05 Å². The zero-order valence-electron chi connectivity index (χ0n) is 13.4. The number of aliphatic imine (C=N–C) groups is 1. The van der Waals surface area contributed by atoms with Gasteiger partial charge < -0.3 is 10.6 Å². The van der Waals surface area contributed by atoms with Crippen LogP contribution in [-0.2, 0) is 22.6 Å². The molecule has 0 aromatic heterocycles. The van der Waals surface area contributed by atoms with Gasteiger partial charge in [-0.05, 0) is 24.1 Å². The minimum atomic E-state index is -4.34. The first kappa shape index (κ1) is 23.0. The van der Waals surface area contributed by atoms with Crippen molar-refractivity contribution in [2.45, 2.75) is 19.1 Å². The number of benzene rings is 1. The third kappa shape index (κ3) is 9.30. The van der Waals surface area contributed by atoms with Gasteiger partial charge in [-0.2, -0.15) is 13.2 Å². The van der Waals surface area contributed by atoms with Gasteiger partial charge in [-0.3, -0.25) is 4.99 Å². The first-order valence-corrected chi connectivity index (χ1v) is 8.96. The Kier molecular flexibility index (Phi) is 9.63. The van der Waals surface area contributed by atoms with Gasteiger partial charge in [-0.25, -0.2) is 8.42 Å². The molecule has 1 aromatic rings. The van der Waals surface area contributed by atoms with Crippen molar-refractivity contribution in [3.63, 3.8) is 0 Å². The maximum atomic E-state index is 12.5. The molecular formula is C14H21F3IN3O2S. The van der Waals surface area contributed by atoms with Gasteiger partial charge in [0.25, 0.3) is 0 Å². The van der Waals surface area contributed by atoms with Gasteiger partial charge in [0.2, 0.25) is 0 Å². The Bertz CT molecular complexity index is 632. The average molecular weight is 479 g/mol. The quantitative estimate of drug-likeness (QED) is 0.285. The zero-order valence-corrected chi connectivity index (χ0v) is 16.5. The molecule has 0 aliphatic carbocycles. The van der Waals surface area contributed by atoms with Crippen LogP contribution in [0.15, 0.2) is 29.3 Å². The number of sulfone groups is 1. The largest absolute Gasteiger partial charge is 0.416 e. The Morgan fingerprint density at radius 1 is 1.17 bits per heavy atom. The van der Waals surface area contributed by atoms with Gasteiger partial charge in [0.1, 0.15) is 9.84 Å². The summed E-state index contributed by atoms with van der Waals surface area (Å²) in [4.78, 5) is 3.96. The molecule has 0 aliphatic heterocycles. The number of nitrogens with zero attached hydrogens (tertiary/aromatic N) is 1. The number of hydrogen-bond acceptors (Lipinski definition) is 3. The van der Waals surface area contributed by atoms with E-state index in [1.165, 1.54) is 18.4 Å². The minimum Gasteiger partial charge on any atom is -0.356 e. The highest BCUT2D eigenvalue weighted by molar-refractivity contribution is 14.0. The van der Waals surface area contributed by atoms with Crippen LogP contribution in [0.3, 0.4) is 0 Å². The summed E-state index contributed by atoms with van der Waals surface area (Å²) in [6.07, 6.45) is -2.73. The van der Waals surface area contributed by atoms with Crippen LogP contribution in [0.2, 0.25) is 0 Å². The molecule has 0 fully saturated rings. The minimum absolute atomic E-state index is 0. The van der Waals surface area contributed by atoms with E-state index in [0.29, 0.717) is 31.0 Å². The molecule has 0 spiro atoms. The number of hydrogen-bond donors (Lipinski definition) is 2. The van der Waals surface area contributed by atoms with Crippen LogP contribution in [0.1, 0.15) is 17.5 Å². The summed E-state index contributed by atoms with van der Waals surface area (Å²) < 4.78 is 59.4. The molecule has 0 unspecified atom stereocenters. The molecule has 0 atom stereocenters. The molecule has 0 saturated heterocycles. The summed E-state index contributed by atoms with van der Waals surface area (Å²) in [6.45, 7) is 0.740. The van der Waals surface area contributed by atoms with Crippen molar-refractivity contribution in [2.75, 3.05) is 25.6 Å². The van der Waals surface area contributed by atoms with Crippen LogP contribution in [0.25, 0.3) is 0 Å². The zero-order chi connectivity index (χ0) is 17.5. The molecule has 10 heteroatoms. The molecule has 138 valence electrons. The van der Waals surface area contributed by atoms with Gasteiger partial charge in [-0.1, -0.05) is 12.1 Å². The molecule has 0 radical (unpaired) electrons. The Morgan fingerprint density at radius 3 is 2.21 bits per heavy atom. The molecule has 0 saturated carbocycles. The van der Waals surface area contributed by atoms with Crippen molar-refractivity contribution in [3.8, 4) is 0 Å². The van der Waals surface area contributed by atoms with Crippen LogP contribution < -0.4 is 10.6 Å². The van der Waals surface area contributed by atoms with Crippen molar-refractivity contribution in [1.29, 1.82) is 0 Å². The smallest absolute Gasteiger partial charge is 0.356 e. The summed E-state index contributed by atoms with van der Waals surface area (Å²) in [5.41, 5.74) is -0.0124. The summed E-state index contributed by atoms with van der Waals surface area (Å²) in [6, 6.07) is 4.85. The van der Waals surface area contributed by atoms with Crippen LogP contribution >= 0.6 is 24.0 Å². The van der Waals surface area contributed by atoms with Gasteiger partial charge in [0.05, 0.1) is 11.3 Å². The number of halogens is 4. The number of nitrogens with one attached hydrogen (secondary N) is 2. The highest BCUT2D eigenvalue weighted by atomic mass is 127. The lowest BCUT2D eigenvalue weighted by molar-refractivity contribution is -0.137. The van der Waals surface area contributed by atoms with E-state index < -0.39 is 21.6 Å². The summed E-state index contributed by atoms with van der Waals surface area (Å²) in [7, 11) is -1.44. The second kappa shape index (κ2) is 10.1. The summed E-state index contributed by atoms with van der Waals surface area (Å²) >= 11 is 0.